The van der Waals surface area contributed by atoms with Crippen molar-refractivity contribution in [1.82, 2.24) is 4.83 Å². The molecule has 28 valence electrons. The molecule has 0 spiro atoms. The summed E-state index contributed by atoms with van der Waals surface area (Å²) in [6, 6.07) is 0. The van der Waals surface area contributed by atoms with Crippen LogP contribution in [0, 0.1) is 0 Å². The number of hydrogen-bond donors (Lipinski definition) is 1. The van der Waals surface area contributed by atoms with Crippen LogP contribution in [0.2, 0.25) is 0 Å². The molecule has 0 radical (unpaired) electrons. The van der Waals surface area contributed by atoms with Crippen molar-refractivity contribution in [2.45, 2.75) is 0 Å². The molecule has 4 heteroatoms. The molecule has 0 saturated carbocycles. The monoisotopic (exact) mass is 154 g/mol. The molecule has 1 aliphatic rings. The fourth-order valence-electron chi connectivity index (χ4n) is 0.108. The maximum absolute atomic E-state index is 3.70. The number of hydrazone groups is 1. The van der Waals surface area contributed by atoms with Crippen LogP contribution >= 0.6 is 10.4 Å². The molecule has 0 fully saturated rings. The van der Waals surface area contributed by atoms with Crippen LogP contribution in [0.25, 0.3) is 0 Å². The average Bonchev–Trinajstić information content (AvgIpc) is 1.76. The quantitative estimate of drug-likeness (QED) is 0.385. The first-order chi connectivity index (χ1) is 2.50. The summed E-state index contributed by atoms with van der Waals surface area (Å²) in [5.74, 6) is 0. The summed E-state index contributed by atoms with van der Waals surface area (Å²) in [4.78, 5) is 2.74. The number of rotatable bonds is 0. The Labute approximate surface area is 39.8 Å². The van der Waals surface area contributed by atoms with E-state index in [0.29, 0.717) is 13.8 Å². The van der Waals surface area contributed by atoms with Crippen LogP contribution in [0.4, 0.5) is 0 Å². The molecule has 0 saturated heterocycles. The van der Waals surface area contributed by atoms with Crippen LogP contribution in [0.3, 0.4) is 0 Å². The first kappa shape index (κ1) is 3.53. The molecule has 1 N–H and O–H groups in total. The van der Waals surface area contributed by atoms with Crippen molar-refractivity contribution in [3.05, 3.63) is 0 Å². The Hall–Kier alpha value is 0.339. The van der Waals surface area contributed by atoms with Gasteiger partial charge >= 0.3 is 39.2 Å². The molecule has 0 unspecified atom stereocenters. The van der Waals surface area contributed by atoms with Crippen molar-refractivity contribution in [1.29, 1.82) is 0 Å². The van der Waals surface area contributed by atoms with Crippen molar-refractivity contribution in [2.24, 2.45) is 5.10 Å². The van der Waals surface area contributed by atoms with Gasteiger partial charge in [-0.2, -0.15) is 0 Å². The summed E-state index contributed by atoms with van der Waals surface area (Å²) in [6.07, 6.45) is 0. The number of nitrogens with one attached hydrogen (secondary N) is 1. The zero-order chi connectivity index (χ0) is 3.54. The average molecular weight is 153 g/mol. The molecule has 0 aromatic rings. The third kappa shape index (κ3) is 0.833. The molecule has 2 nitrogen and oxygen atoms in total. The molecule has 1 aliphatic heterocycles. The minimum absolute atomic E-state index is 0.583. The molecule has 0 aliphatic carbocycles. The Morgan fingerprint density at radius 1 is 2.00 bits per heavy atom. The fraction of sp³-hybridized carbons (Fsp3) is 0. The van der Waals surface area contributed by atoms with Crippen LogP contribution < -0.4 is 4.83 Å². The molecule has 0 aromatic carbocycles. The summed E-state index contributed by atoms with van der Waals surface area (Å²) in [5.41, 5.74) is 0. The van der Waals surface area contributed by atoms with E-state index < -0.39 is 0 Å². The fourth-order valence-corrected chi connectivity index (χ4v) is 1.68. The van der Waals surface area contributed by atoms with Gasteiger partial charge in [0.25, 0.3) is 0 Å². The predicted molar refractivity (Wildman–Crippen MR) is 25.0 cm³/mol. The van der Waals surface area contributed by atoms with Gasteiger partial charge in [-0.25, -0.2) is 0 Å². The predicted octanol–water partition coefficient (Wildman–Crippen LogP) is -0.200. The van der Waals surface area contributed by atoms with Crippen LogP contribution in [0.1, 0.15) is 0 Å². The van der Waals surface area contributed by atoms with Gasteiger partial charge in [-0.15, -0.1) is 0 Å². The Kier molecular flexibility index (Phi) is 1.20. The summed E-state index contributed by atoms with van der Waals surface area (Å²) in [7, 11) is 1.66. The van der Waals surface area contributed by atoms with E-state index in [-0.39, 0.29) is 0 Å². The third-order valence-corrected chi connectivity index (χ3v) is 2.43. The van der Waals surface area contributed by atoms with Gasteiger partial charge in [0, 0.05) is 0 Å². The van der Waals surface area contributed by atoms with Gasteiger partial charge < -0.3 is 0 Å². The number of nitrogens with zero attached hydrogens (tertiary/aromatic N) is 1. The van der Waals surface area contributed by atoms with E-state index in [0.717, 1.165) is 0 Å². The van der Waals surface area contributed by atoms with E-state index in [4.69, 9.17) is 0 Å². The second kappa shape index (κ2) is 1.70. The minimum atomic E-state index is 0.583. The Morgan fingerprint density at radius 2 is 3.00 bits per heavy atom. The van der Waals surface area contributed by atoms with E-state index in [9.17, 15) is 0 Å². The summed E-state index contributed by atoms with van der Waals surface area (Å²) in [6.45, 7) is 0. The molecular formula is CH2N2SSe. The van der Waals surface area contributed by atoms with Crippen molar-refractivity contribution in [2.75, 3.05) is 0 Å². The standard InChI is InChI=1S/CH2N2SSe/c1-2-3-4-5-1/h1,3H. The van der Waals surface area contributed by atoms with Gasteiger partial charge in [0.2, 0.25) is 0 Å². The van der Waals surface area contributed by atoms with E-state index in [1.807, 2.05) is 5.11 Å². The second-order valence-corrected chi connectivity index (χ2v) is 3.75. The van der Waals surface area contributed by atoms with Gasteiger partial charge in [0.05, 0.1) is 0 Å². The zero-order valence-electron chi connectivity index (χ0n) is 2.34. The SMILES string of the molecule is C1=NNS[Se]1. The van der Waals surface area contributed by atoms with E-state index >= 15 is 0 Å². The summed E-state index contributed by atoms with van der Waals surface area (Å²) < 4.78 is 0. The molecule has 0 aromatic heterocycles. The summed E-state index contributed by atoms with van der Waals surface area (Å²) >= 11 is 0.583. The van der Waals surface area contributed by atoms with Crippen LogP contribution in [0.15, 0.2) is 5.10 Å². The molecule has 0 amide bonds. The van der Waals surface area contributed by atoms with Gasteiger partial charge in [-0.05, 0) is 0 Å². The molecule has 5 heavy (non-hydrogen) atoms. The van der Waals surface area contributed by atoms with E-state index in [1.54, 1.807) is 10.4 Å². The third-order valence-electron chi connectivity index (χ3n) is 0.234. The van der Waals surface area contributed by atoms with Crippen molar-refractivity contribution in [3.8, 4) is 0 Å². The molecule has 0 bridgehead atoms. The van der Waals surface area contributed by atoms with E-state index in [2.05, 4.69) is 9.93 Å². The number of hydrogen-bond acceptors (Lipinski definition) is 3. The Morgan fingerprint density at radius 3 is 3.20 bits per heavy atom. The Bertz CT molecular complexity index is 47.6. The van der Waals surface area contributed by atoms with Gasteiger partial charge in [0.15, 0.2) is 0 Å². The summed E-state index contributed by atoms with van der Waals surface area (Å²) in [5, 5.41) is 5.60. The van der Waals surface area contributed by atoms with Crippen molar-refractivity contribution in [3.63, 3.8) is 0 Å². The molecular weight excluding hydrogens is 151 g/mol. The van der Waals surface area contributed by atoms with Crippen LogP contribution in [-0.2, 0) is 0 Å². The van der Waals surface area contributed by atoms with Gasteiger partial charge in [-0.3, -0.25) is 0 Å². The van der Waals surface area contributed by atoms with Crippen molar-refractivity contribution < 1.29 is 0 Å². The molecule has 0 atom stereocenters. The van der Waals surface area contributed by atoms with Crippen LogP contribution in [-0.4, -0.2) is 18.9 Å². The van der Waals surface area contributed by atoms with Gasteiger partial charge in [-0.1, -0.05) is 0 Å². The van der Waals surface area contributed by atoms with Crippen LogP contribution in [0.5, 0.6) is 0 Å². The first-order valence-electron chi connectivity index (χ1n) is 1.09. The second-order valence-electron chi connectivity index (χ2n) is 0.505. The zero-order valence-corrected chi connectivity index (χ0v) is 4.87. The van der Waals surface area contributed by atoms with Gasteiger partial charge in [0.1, 0.15) is 0 Å². The normalized spacial score (nSPS) is 19.2. The first-order valence-corrected chi connectivity index (χ1v) is 4.92. The van der Waals surface area contributed by atoms with Crippen molar-refractivity contribution >= 4 is 29.3 Å². The molecule has 1 rings (SSSR count). The topological polar surface area (TPSA) is 24.4 Å². The Balaban J connectivity index is 2.32. The molecule has 1 heterocycles. The van der Waals surface area contributed by atoms with E-state index in [1.165, 1.54) is 0 Å². The maximum atomic E-state index is 3.70.